The van der Waals surface area contributed by atoms with E-state index in [2.05, 4.69) is 32.6 Å². The maximum atomic E-state index is 6.11. The number of halogens is 2. The van der Waals surface area contributed by atoms with E-state index in [-0.39, 0.29) is 0 Å². The molecule has 0 aliphatic heterocycles. The van der Waals surface area contributed by atoms with Gasteiger partial charge in [-0.2, -0.15) is 0 Å². The van der Waals surface area contributed by atoms with Crippen molar-refractivity contribution in [3.8, 4) is 17.1 Å². The maximum absolute atomic E-state index is 6.11. The molecule has 1 aromatic heterocycles. The van der Waals surface area contributed by atoms with Crippen LogP contribution in [0.3, 0.4) is 0 Å². The Labute approximate surface area is 135 Å². The fourth-order valence-electron chi connectivity index (χ4n) is 2.12. The SMILES string of the molecule is COc1ccc2ccccc2c1-c1ncc(I)c(Cl)n1. The second-order valence-corrected chi connectivity index (χ2v) is 5.72. The molecule has 2 aromatic carbocycles. The molecule has 1 heterocycles. The quantitative estimate of drug-likeness (QED) is 0.470. The van der Waals surface area contributed by atoms with E-state index in [1.165, 1.54) is 0 Å². The van der Waals surface area contributed by atoms with Crippen LogP contribution >= 0.6 is 34.2 Å². The predicted molar refractivity (Wildman–Crippen MR) is 89.3 cm³/mol. The van der Waals surface area contributed by atoms with Crippen LogP contribution in [0.4, 0.5) is 0 Å². The first-order valence-electron chi connectivity index (χ1n) is 5.95. The number of aromatic nitrogens is 2. The zero-order valence-electron chi connectivity index (χ0n) is 10.6. The average Bonchev–Trinajstić information content (AvgIpc) is 2.49. The van der Waals surface area contributed by atoms with E-state index in [1.807, 2.05) is 36.4 Å². The number of nitrogens with zero attached hydrogens (tertiary/aromatic N) is 2. The number of benzene rings is 2. The number of fused-ring (bicyclic) bond motifs is 1. The van der Waals surface area contributed by atoms with Crippen LogP contribution in [0, 0.1) is 3.57 Å². The molecule has 100 valence electrons. The Hall–Kier alpha value is -1.40. The molecular weight excluding hydrogens is 387 g/mol. The summed E-state index contributed by atoms with van der Waals surface area (Å²) in [5.74, 6) is 1.31. The molecule has 5 heteroatoms. The Bertz CT molecular complexity index is 792. The van der Waals surface area contributed by atoms with E-state index in [4.69, 9.17) is 16.3 Å². The van der Waals surface area contributed by atoms with Crippen molar-refractivity contribution >= 4 is 45.0 Å². The van der Waals surface area contributed by atoms with E-state index >= 15 is 0 Å². The minimum absolute atomic E-state index is 0.450. The van der Waals surface area contributed by atoms with Crippen LogP contribution in [0.15, 0.2) is 42.6 Å². The van der Waals surface area contributed by atoms with Crippen molar-refractivity contribution < 1.29 is 4.74 Å². The molecule has 0 aliphatic carbocycles. The maximum Gasteiger partial charge on any atom is 0.165 e. The van der Waals surface area contributed by atoms with Crippen LogP contribution in [-0.4, -0.2) is 17.1 Å². The molecule has 3 rings (SSSR count). The summed E-state index contributed by atoms with van der Waals surface area (Å²) in [5, 5.41) is 2.61. The minimum Gasteiger partial charge on any atom is -0.496 e. The summed E-state index contributed by atoms with van der Waals surface area (Å²) in [7, 11) is 1.64. The second-order valence-electron chi connectivity index (χ2n) is 4.20. The summed E-state index contributed by atoms with van der Waals surface area (Å²) >= 11 is 8.22. The molecule has 0 aliphatic rings. The number of methoxy groups -OCH3 is 1. The van der Waals surface area contributed by atoms with Crippen LogP contribution in [0.2, 0.25) is 5.15 Å². The van der Waals surface area contributed by atoms with Gasteiger partial charge in [-0.3, -0.25) is 0 Å². The Kier molecular flexibility index (Phi) is 3.76. The zero-order chi connectivity index (χ0) is 14.1. The molecule has 0 amide bonds. The largest absolute Gasteiger partial charge is 0.496 e. The van der Waals surface area contributed by atoms with Gasteiger partial charge in [0.15, 0.2) is 5.82 Å². The van der Waals surface area contributed by atoms with Crippen molar-refractivity contribution in [2.24, 2.45) is 0 Å². The van der Waals surface area contributed by atoms with Gasteiger partial charge < -0.3 is 4.74 Å². The number of hydrogen-bond acceptors (Lipinski definition) is 3. The lowest BCUT2D eigenvalue weighted by Crippen LogP contribution is -1.96. The molecule has 3 nitrogen and oxygen atoms in total. The third-order valence-corrected chi connectivity index (χ3v) is 4.43. The summed E-state index contributed by atoms with van der Waals surface area (Å²) in [4.78, 5) is 8.75. The highest BCUT2D eigenvalue weighted by Gasteiger charge is 2.14. The number of ether oxygens (including phenoxy) is 1. The Morgan fingerprint density at radius 1 is 1.15 bits per heavy atom. The summed E-state index contributed by atoms with van der Waals surface area (Å²) < 4.78 is 6.28. The van der Waals surface area contributed by atoms with E-state index in [0.29, 0.717) is 11.0 Å². The minimum atomic E-state index is 0.450. The van der Waals surface area contributed by atoms with Crippen molar-refractivity contribution in [3.05, 3.63) is 51.3 Å². The molecule has 3 aromatic rings. The smallest absolute Gasteiger partial charge is 0.165 e. The van der Waals surface area contributed by atoms with E-state index in [9.17, 15) is 0 Å². The first-order chi connectivity index (χ1) is 9.70. The normalized spacial score (nSPS) is 10.8. The van der Waals surface area contributed by atoms with Crippen molar-refractivity contribution in [1.29, 1.82) is 0 Å². The van der Waals surface area contributed by atoms with Crippen LogP contribution in [0.5, 0.6) is 5.75 Å². The van der Waals surface area contributed by atoms with E-state index in [0.717, 1.165) is 25.7 Å². The van der Waals surface area contributed by atoms with Crippen molar-refractivity contribution in [1.82, 2.24) is 9.97 Å². The first kappa shape index (κ1) is 13.6. The third-order valence-electron chi connectivity index (χ3n) is 3.04. The molecule has 20 heavy (non-hydrogen) atoms. The standard InChI is InChI=1S/C15H10ClIN2O/c1-20-12-7-6-9-4-2-3-5-10(9)13(12)15-18-8-11(17)14(16)19-15/h2-8H,1H3. The third kappa shape index (κ3) is 2.33. The first-order valence-corrected chi connectivity index (χ1v) is 7.40. The van der Waals surface area contributed by atoms with Gasteiger partial charge in [-0.25, -0.2) is 9.97 Å². The van der Waals surface area contributed by atoms with Gasteiger partial charge in [0.1, 0.15) is 10.9 Å². The summed E-state index contributed by atoms with van der Waals surface area (Å²) in [6, 6.07) is 12.0. The molecule has 0 radical (unpaired) electrons. The summed E-state index contributed by atoms with van der Waals surface area (Å²) in [6.07, 6.45) is 1.71. The number of hydrogen-bond donors (Lipinski definition) is 0. The van der Waals surface area contributed by atoms with Gasteiger partial charge in [0.05, 0.1) is 16.2 Å². The Morgan fingerprint density at radius 2 is 1.95 bits per heavy atom. The fraction of sp³-hybridized carbons (Fsp3) is 0.0667. The number of rotatable bonds is 2. The van der Waals surface area contributed by atoms with Gasteiger partial charge in [-0.1, -0.05) is 41.9 Å². The van der Waals surface area contributed by atoms with E-state index < -0.39 is 0 Å². The molecule has 0 N–H and O–H groups in total. The van der Waals surface area contributed by atoms with Crippen molar-refractivity contribution in [3.63, 3.8) is 0 Å². The molecule has 0 saturated heterocycles. The molecule has 0 atom stereocenters. The Balaban J connectivity index is 2.35. The van der Waals surface area contributed by atoms with Crippen molar-refractivity contribution in [2.75, 3.05) is 7.11 Å². The average molecular weight is 397 g/mol. The van der Waals surface area contributed by atoms with Crippen molar-refractivity contribution in [2.45, 2.75) is 0 Å². The van der Waals surface area contributed by atoms with E-state index in [1.54, 1.807) is 13.3 Å². The highest BCUT2D eigenvalue weighted by molar-refractivity contribution is 14.1. The lowest BCUT2D eigenvalue weighted by molar-refractivity contribution is 0.416. The van der Waals surface area contributed by atoms with Gasteiger partial charge in [-0.05, 0) is 39.4 Å². The molecule has 0 saturated carbocycles. The van der Waals surface area contributed by atoms with Crippen LogP contribution in [0.25, 0.3) is 22.2 Å². The summed E-state index contributed by atoms with van der Waals surface area (Å²) in [6.45, 7) is 0. The fourth-order valence-corrected chi connectivity index (χ4v) is 2.51. The highest BCUT2D eigenvalue weighted by atomic mass is 127. The van der Waals surface area contributed by atoms with Gasteiger partial charge in [0.25, 0.3) is 0 Å². The van der Waals surface area contributed by atoms with Gasteiger partial charge in [-0.15, -0.1) is 0 Å². The molecule has 0 unspecified atom stereocenters. The van der Waals surface area contributed by atoms with Crippen LogP contribution in [0.1, 0.15) is 0 Å². The predicted octanol–water partition coefficient (Wildman–Crippen LogP) is 4.56. The van der Waals surface area contributed by atoms with Gasteiger partial charge in [0.2, 0.25) is 0 Å². The molecule has 0 spiro atoms. The van der Waals surface area contributed by atoms with Gasteiger partial charge in [0, 0.05) is 6.20 Å². The van der Waals surface area contributed by atoms with Crippen LogP contribution in [-0.2, 0) is 0 Å². The lowest BCUT2D eigenvalue weighted by Gasteiger charge is -2.11. The molecule has 0 fully saturated rings. The van der Waals surface area contributed by atoms with Gasteiger partial charge >= 0.3 is 0 Å². The monoisotopic (exact) mass is 396 g/mol. The zero-order valence-corrected chi connectivity index (χ0v) is 13.5. The topological polar surface area (TPSA) is 35.0 Å². The highest BCUT2D eigenvalue weighted by Crippen LogP contribution is 2.35. The lowest BCUT2D eigenvalue weighted by atomic mass is 10.0. The summed E-state index contributed by atoms with van der Waals surface area (Å²) in [5.41, 5.74) is 0.865. The second kappa shape index (κ2) is 5.54. The molecular formula is C15H10ClIN2O. The molecule has 0 bridgehead atoms. The van der Waals surface area contributed by atoms with Crippen LogP contribution < -0.4 is 4.74 Å². The Morgan fingerprint density at radius 3 is 2.70 bits per heavy atom.